The first-order valence-corrected chi connectivity index (χ1v) is 14.3. The number of aromatic nitrogens is 3. The van der Waals surface area contributed by atoms with Gasteiger partial charge in [0, 0.05) is 55.7 Å². The van der Waals surface area contributed by atoms with Crippen molar-refractivity contribution in [1.82, 2.24) is 25.0 Å². The lowest BCUT2D eigenvalue weighted by atomic mass is 9.86. The molecule has 7 nitrogen and oxygen atoms in total. The molecule has 1 unspecified atom stereocenters. The van der Waals surface area contributed by atoms with Crippen molar-refractivity contribution in [2.45, 2.75) is 57.4 Å². The second kappa shape index (κ2) is 12.3. The third-order valence-corrected chi connectivity index (χ3v) is 8.70. The molecule has 2 heterocycles. The van der Waals surface area contributed by atoms with Gasteiger partial charge in [0.05, 0.1) is 12.3 Å². The fraction of sp³-hybridized carbons (Fsp3) is 0.500. The zero-order chi connectivity index (χ0) is 28.4. The summed E-state index contributed by atoms with van der Waals surface area (Å²) in [5.41, 5.74) is 2.29. The summed E-state index contributed by atoms with van der Waals surface area (Å²) in [4.78, 5) is 20.5. The number of amides is 1. The van der Waals surface area contributed by atoms with Crippen molar-refractivity contribution in [3.05, 3.63) is 75.8 Å². The van der Waals surface area contributed by atoms with Gasteiger partial charge in [0.1, 0.15) is 23.3 Å². The van der Waals surface area contributed by atoms with Crippen LogP contribution in [0.5, 0.6) is 0 Å². The molecular weight excluding hydrogens is 536 g/mol. The lowest BCUT2D eigenvalue weighted by Gasteiger charge is -2.34. The zero-order valence-corrected chi connectivity index (χ0v) is 23.9. The number of piperidine rings is 1. The van der Waals surface area contributed by atoms with Crippen LogP contribution in [0.25, 0.3) is 5.69 Å². The molecule has 1 saturated carbocycles. The first-order valence-electron chi connectivity index (χ1n) is 13.9. The highest BCUT2D eigenvalue weighted by atomic mass is 35.5. The summed E-state index contributed by atoms with van der Waals surface area (Å²) in [7, 11) is 1.64. The molecular formula is C30H36ClF2N5O2. The maximum atomic E-state index is 14.9. The number of halogens is 3. The van der Waals surface area contributed by atoms with E-state index in [0.29, 0.717) is 55.5 Å². The molecule has 0 radical (unpaired) electrons. The Morgan fingerprint density at radius 2 is 1.90 bits per heavy atom. The Morgan fingerprint density at radius 3 is 2.60 bits per heavy atom. The van der Waals surface area contributed by atoms with Gasteiger partial charge in [-0.05, 0) is 80.8 Å². The first kappa shape index (κ1) is 28.6. The lowest BCUT2D eigenvalue weighted by Crippen LogP contribution is -2.42. The van der Waals surface area contributed by atoms with Gasteiger partial charge in [0.15, 0.2) is 0 Å². The Kier molecular flexibility index (Phi) is 8.83. The van der Waals surface area contributed by atoms with Crippen LogP contribution in [-0.4, -0.2) is 65.0 Å². The number of nitrogens with zero attached hydrogens (tertiary/aromatic N) is 4. The molecule has 1 N–H and O–H groups in total. The SMILES string of the molecule is COCCNC1C[C@@H](C(=O)N2CCC(c3nc(C)nn3-c3ccc(Cl)c(C)c3)CC2)[C@H](c2ccc(F)cc2F)C1. The molecule has 40 heavy (non-hydrogen) atoms. The molecule has 1 aromatic heterocycles. The van der Waals surface area contributed by atoms with E-state index in [9.17, 15) is 13.6 Å². The summed E-state index contributed by atoms with van der Waals surface area (Å²) < 4.78 is 35.6. The predicted octanol–water partition coefficient (Wildman–Crippen LogP) is 5.32. The number of benzene rings is 2. The number of ether oxygens (including phenoxy) is 1. The smallest absolute Gasteiger partial charge is 0.226 e. The van der Waals surface area contributed by atoms with Crippen LogP contribution >= 0.6 is 11.6 Å². The quantitative estimate of drug-likeness (QED) is 0.371. The van der Waals surface area contributed by atoms with Crippen LogP contribution in [0.2, 0.25) is 5.02 Å². The Labute approximate surface area is 238 Å². The van der Waals surface area contributed by atoms with E-state index < -0.39 is 11.6 Å². The number of methoxy groups -OCH3 is 1. The van der Waals surface area contributed by atoms with Crippen LogP contribution < -0.4 is 5.32 Å². The third kappa shape index (κ3) is 6.06. The van der Waals surface area contributed by atoms with Gasteiger partial charge in [0.2, 0.25) is 5.91 Å². The number of hydrogen-bond donors (Lipinski definition) is 1. The van der Waals surface area contributed by atoms with Crippen molar-refractivity contribution in [2.75, 3.05) is 33.4 Å². The molecule has 0 bridgehead atoms. The molecule has 2 fully saturated rings. The van der Waals surface area contributed by atoms with Crippen molar-refractivity contribution >= 4 is 17.5 Å². The van der Waals surface area contributed by atoms with Crippen molar-refractivity contribution in [3.63, 3.8) is 0 Å². The lowest BCUT2D eigenvalue weighted by molar-refractivity contribution is -0.137. The maximum Gasteiger partial charge on any atom is 0.226 e. The highest BCUT2D eigenvalue weighted by Crippen LogP contribution is 2.43. The molecule has 3 atom stereocenters. The summed E-state index contributed by atoms with van der Waals surface area (Å²) in [5, 5.41) is 8.79. The summed E-state index contributed by atoms with van der Waals surface area (Å²) in [6, 6.07) is 9.55. The fourth-order valence-electron chi connectivity index (χ4n) is 6.23. The van der Waals surface area contributed by atoms with E-state index in [0.717, 1.165) is 36.0 Å². The van der Waals surface area contributed by atoms with Gasteiger partial charge >= 0.3 is 0 Å². The van der Waals surface area contributed by atoms with Crippen molar-refractivity contribution in [1.29, 1.82) is 0 Å². The average molecular weight is 572 g/mol. The van der Waals surface area contributed by atoms with Crippen LogP contribution in [0, 0.1) is 31.4 Å². The van der Waals surface area contributed by atoms with Crippen LogP contribution in [-0.2, 0) is 9.53 Å². The number of hydrogen-bond acceptors (Lipinski definition) is 5. The minimum Gasteiger partial charge on any atom is -0.383 e. The molecule has 1 amide bonds. The first-order chi connectivity index (χ1) is 19.2. The molecule has 5 rings (SSSR count). The van der Waals surface area contributed by atoms with Gasteiger partial charge in [-0.1, -0.05) is 17.7 Å². The van der Waals surface area contributed by atoms with Crippen molar-refractivity contribution < 1.29 is 18.3 Å². The number of carbonyl (C=O) groups is 1. The number of likely N-dealkylation sites (tertiary alicyclic amines) is 1. The standard InChI is InChI=1S/C30H36ClF2N5O2/c1-18-14-23(5-7-27(18)31)38-29(35-19(2)36-38)20-8-11-37(12-9-20)30(39)26-17-22(34-10-13-40-3)16-25(26)24-6-4-21(32)15-28(24)33/h4-7,14-15,20,22,25-26,34H,8-13,16-17H2,1-3H3/t22?,25-,26+/m0/s1. The van der Waals surface area contributed by atoms with Crippen molar-refractivity contribution in [3.8, 4) is 5.69 Å². The van der Waals surface area contributed by atoms with Crippen LogP contribution in [0.1, 0.15) is 60.3 Å². The summed E-state index contributed by atoms with van der Waals surface area (Å²) >= 11 is 6.24. The fourth-order valence-corrected chi connectivity index (χ4v) is 6.34. The third-order valence-electron chi connectivity index (χ3n) is 8.28. The van der Waals surface area contributed by atoms with Crippen molar-refractivity contribution in [2.24, 2.45) is 5.92 Å². The van der Waals surface area contributed by atoms with Gasteiger partial charge in [0.25, 0.3) is 0 Å². The molecule has 2 aromatic carbocycles. The molecule has 2 aliphatic rings. The number of rotatable bonds is 8. The molecule has 0 spiro atoms. The summed E-state index contributed by atoms with van der Waals surface area (Å²) in [5.74, 6) is -0.122. The van der Waals surface area contributed by atoms with Crippen LogP contribution in [0.15, 0.2) is 36.4 Å². The highest BCUT2D eigenvalue weighted by Gasteiger charge is 2.43. The normalized spacial score (nSPS) is 21.8. The second-order valence-corrected chi connectivity index (χ2v) is 11.4. The van der Waals surface area contributed by atoms with E-state index in [4.69, 9.17) is 21.3 Å². The van der Waals surface area contributed by atoms with Gasteiger partial charge in [-0.3, -0.25) is 4.79 Å². The molecule has 1 aliphatic heterocycles. The molecule has 214 valence electrons. The molecule has 1 aliphatic carbocycles. The minimum atomic E-state index is -0.615. The van der Waals surface area contributed by atoms with E-state index >= 15 is 0 Å². The van der Waals surface area contributed by atoms with E-state index in [1.54, 1.807) is 7.11 Å². The summed E-state index contributed by atoms with van der Waals surface area (Å²) in [6.07, 6.45) is 2.73. The predicted molar refractivity (Wildman–Crippen MR) is 150 cm³/mol. The van der Waals surface area contributed by atoms with Crippen LogP contribution in [0.4, 0.5) is 8.78 Å². The molecule has 10 heteroatoms. The second-order valence-electron chi connectivity index (χ2n) is 11.0. The monoisotopic (exact) mass is 571 g/mol. The number of aryl methyl sites for hydroxylation is 2. The van der Waals surface area contributed by atoms with Crippen LogP contribution in [0.3, 0.4) is 0 Å². The minimum absolute atomic E-state index is 0.0363. The van der Waals surface area contributed by atoms with Gasteiger partial charge < -0.3 is 15.0 Å². The van der Waals surface area contributed by atoms with Gasteiger partial charge in [-0.25, -0.2) is 18.4 Å². The maximum absolute atomic E-state index is 14.9. The van der Waals surface area contributed by atoms with Gasteiger partial charge in [-0.15, -0.1) is 0 Å². The topological polar surface area (TPSA) is 72.3 Å². The number of nitrogens with one attached hydrogen (secondary N) is 1. The highest BCUT2D eigenvalue weighted by molar-refractivity contribution is 6.31. The Bertz CT molecular complexity index is 1360. The van der Waals surface area contributed by atoms with E-state index in [1.807, 2.05) is 41.6 Å². The van der Waals surface area contributed by atoms with E-state index in [-0.39, 0.29) is 29.7 Å². The average Bonchev–Trinajstić information content (AvgIpc) is 3.54. The van der Waals surface area contributed by atoms with E-state index in [1.165, 1.54) is 12.1 Å². The van der Waals surface area contributed by atoms with Gasteiger partial charge in [-0.2, -0.15) is 5.10 Å². The Morgan fingerprint density at radius 1 is 1.12 bits per heavy atom. The van der Waals surface area contributed by atoms with E-state index in [2.05, 4.69) is 10.4 Å². The molecule has 3 aromatic rings. The zero-order valence-electron chi connectivity index (χ0n) is 23.2. The number of carbonyl (C=O) groups excluding carboxylic acids is 1. The molecule has 1 saturated heterocycles. The summed E-state index contributed by atoms with van der Waals surface area (Å²) in [6.45, 7) is 6.23. The largest absolute Gasteiger partial charge is 0.383 e. The Hall–Kier alpha value is -2.88. The Balaban J connectivity index is 1.30.